The molecule has 86 valence electrons. The van der Waals surface area contributed by atoms with Crippen molar-refractivity contribution in [3.63, 3.8) is 0 Å². The van der Waals surface area contributed by atoms with Gasteiger partial charge in [-0.05, 0) is 19.8 Å². The minimum absolute atomic E-state index is 0.349. The van der Waals surface area contributed by atoms with Gasteiger partial charge in [0.1, 0.15) is 0 Å². The van der Waals surface area contributed by atoms with Crippen LogP contribution in [0.1, 0.15) is 39.0 Å². The molecule has 0 amide bonds. The molecular weight excluding hydrogens is 212 g/mol. The minimum Gasteiger partial charge on any atom is -0.350 e. The lowest BCUT2D eigenvalue weighted by Gasteiger charge is -2.22. The summed E-state index contributed by atoms with van der Waals surface area (Å²) in [7, 11) is 0. The Kier molecular flexibility index (Phi) is 6.09. The van der Waals surface area contributed by atoms with E-state index in [2.05, 4.69) is 11.8 Å². The summed E-state index contributed by atoms with van der Waals surface area (Å²) in [5.74, 6) is 6.48. The van der Waals surface area contributed by atoms with Gasteiger partial charge in [-0.1, -0.05) is 0 Å². The Labute approximate surface area is 97.3 Å². The van der Waals surface area contributed by atoms with Crippen LogP contribution in [-0.2, 0) is 9.47 Å². The molecule has 0 spiro atoms. The van der Waals surface area contributed by atoms with Crippen LogP contribution in [-0.4, -0.2) is 24.9 Å². The van der Waals surface area contributed by atoms with Crippen LogP contribution in [0.15, 0.2) is 0 Å². The highest BCUT2D eigenvalue weighted by atomic mass is 35.5. The van der Waals surface area contributed by atoms with Crippen LogP contribution in [0.5, 0.6) is 0 Å². The van der Waals surface area contributed by atoms with Gasteiger partial charge in [0.15, 0.2) is 5.79 Å². The van der Waals surface area contributed by atoms with Crippen LogP contribution in [0, 0.1) is 11.8 Å². The molecule has 3 heteroatoms. The molecule has 1 saturated heterocycles. The van der Waals surface area contributed by atoms with Crippen LogP contribution in [0.25, 0.3) is 0 Å². The second-order valence-electron chi connectivity index (χ2n) is 3.83. The van der Waals surface area contributed by atoms with Crippen molar-refractivity contribution in [1.29, 1.82) is 0 Å². The Hall–Kier alpha value is -0.230. The molecule has 1 unspecified atom stereocenters. The Morgan fingerprint density at radius 3 is 2.87 bits per heavy atom. The zero-order valence-electron chi connectivity index (χ0n) is 9.35. The molecule has 0 radical (unpaired) electrons. The third kappa shape index (κ3) is 5.41. The predicted molar refractivity (Wildman–Crippen MR) is 61.9 cm³/mol. The standard InChI is InChI=1S/C12H19ClO2/c1-12(8-7-11-15-12)14-10-6-4-2-3-5-9-13/h3,5-11H2,1H3. The highest BCUT2D eigenvalue weighted by molar-refractivity contribution is 6.17. The molecule has 0 bridgehead atoms. The Morgan fingerprint density at radius 1 is 1.40 bits per heavy atom. The summed E-state index contributed by atoms with van der Waals surface area (Å²) in [6, 6.07) is 0. The van der Waals surface area contributed by atoms with E-state index in [-0.39, 0.29) is 5.79 Å². The van der Waals surface area contributed by atoms with Crippen molar-refractivity contribution in [2.75, 3.05) is 19.1 Å². The van der Waals surface area contributed by atoms with Gasteiger partial charge in [0.2, 0.25) is 0 Å². The summed E-state index contributed by atoms with van der Waals surface area (Å²) in [5.41, 5.74) is 0. The van der Waals surface area contributed by atoms with E-state index in [4.69, 9.17) is 21.1 Å². The van der Waals surface area contributed by atoms with E-state index in [1.807, 2.05) is 6.92 Å². The average molecular weight is 231 g/mol. The highest BCUT2D eigenvalue weighted by Crippen LogP contribution is 2.25. The fourth-order valence-corrected chi connectivity index (χ4v) is 1.65. The van der Waals surface area contributed by atoms with Crippen LogP contribution >= 0.6 is 11.6 Å². The number of hydrogen-bond acceptors (Lipinski definition) is 2. The fourth-order valence-electron chi connectivity index (χ4n) is 1.52. The van der Waals surface area contributed by atoms with E-state index < -0.39 is 0 Å². The topological polar surface area (TPSA) is 18.5 Å². The molecule has 2 nitrogen and oxygen atoms in total. The smallest absolute Gasteiger partial charge is 0.165 e. The van der Waals surface area contributed by atoms with E-state index in [9.17, 15) is 0 Å². The summed E-state index contributed by atoms with van der Waals surface area (Å²) in [4.78, 5) is 0. The number of hydrogen-bond donors (Lipinski definition) is 0. The lowest BCUT2D eigenvalue weighted by molar-refractivity contribution is -0.195. The van der Waals surface area contributed by atoms with Gasteiger partial charge in [-0.25, -0.2) is 0 Å². The van der Waals surface area contributed by atoms with Crippen molar-refractivity contribution in [1.82, 2.24) is 0 Å². The van der Waals surface area contributed by atoms with E-state index in [0.29, 0.717) is 12.5 Å². The number of halogens is 1. The van der Waals surface area contributed by atoms with Crippen LogP contribution in [0.4, 0.5) is 0 Å². The number of ether oxygens (including phenoxy) is 2. The normalized spacial score (nSPS) is 24.9. The van der Waals surface area contributed by atoms with Crippen LogP contribution < -0.4 is 0 Å². The molecule has 1 atom stereocenters. The molecular formula is C12H19ClO2. The quantitative estimate of drug-likeness (QED) is 0.411. The monoisotopic (exact) mass is 230 g/mol. The van der Waals surface area contributed by atoms with Gasteiger partial charge in [0.25, 0.3) is 0 Å². The maximum atomic E-state index is 5.65. The van der Waals surface area contributed by atoms with E-state index in [0.717, 1.165) is 38.7 Å². The fraction of sp³-hybridized carbons (Fsp3) is 0.833. The second-order valence-corrected chi connectivity index (χ2v) is 4.21. The number of rotatable bonds is 5. The molecule has 1 fully saturated rings. The summed E-state index contributed by atoms with van der Waals surface area (Å²) in [5, 5.41) is 0. The Morgan fingerprint density at radius 2 is 2.20 bits per heavy atom. The zero-order chi connectivity index (χ0) is 11.0. The molecule has 1 aliphatic heterocycles. The molecule has 0 aliphatic carbocycles. The first-order valence-corrected chi connectivity index (χ1v) is 6.10. The number of unbranched alkanes of at least 4 members (excludes halogenated alkanes) is 1. The summed E-state index contributed by atoms with van der Waals surface area (Å²) >= 11 is 5.54. The average Bonchev–Trinajstić information content (AvgIpc) is 2.64. The molecule has 1 aliphatic rings. The van der Waals surface area contributed by atoms with Crippen LogP contribution in [0.2, 0.25) is 0 Å². The Balaban J connectivity index is 2.02. The summed E-state index contributed by atoms with van der Waals surface area (Å²) in [6.45, 7) is 3.48. The molecule has 0 aromatic rings. The SMILES string of the molecule is CC1(OCCC#CCCCCl)CCCO1. The van der Waals surface area contributed by atoms with Gasteiger partial charge in [-0.15, -0.1) is 23.4 Å². The molecule has 0 aromatic carbocycles. The molecule has 0 saturated carbocycles. The number of alkyl halides is 1. The highest BCUT2D eigenvalue weighted by Gasteiger charge is 2.29. The van der Waals surface area contributed by atoms with Crippen molar-refractivity contribution in [2.24, 2.45) is 0 Å². The van der Waals surface area contributed by atoms with Gasteiger partial charge < -0.3 is 9.47 Å². The van der Waals surface area contributed by atoms with Gasteiger partial charge in [0.05, 0.1) is 13.2 Å². The lowest BCUT2D eigenvalue weighted by atomic mass is 10.2. The lowest BCUT2D eigenvalue weighted by Crippen LogP contribution is -2.27. The molecule has 1 rings (SSSR count). The maximum Gasteiger partial charge on any atom is 0.165 e. The van der Waals surface area contributed by atoms with Crippen molar-refractivity contribution in [3.05, 3.63) is 0 Å². The second kappa shape index (κ2) is 7.11. The third-order valence-electron chi connectivity index (χ3n) is 2.38. The Bertz CT molecular complexity index is 224. The van der Waals surface area contributed by atoms with Gasteiger partial charge >= 0.3 is 0 Å². The first-order chi connectivity index (χ1) is 7.27. The first-order valence-electron chi connectivity index (χ1n) is 5.56. The predicted octanol–water partition coefficient (Wildman–Crippen LogP) is 2.94. The molecule has 15 heavy (non-hydrogen) atoms. The zero-order valence-corrected chi connectivity index (χ0v) is 10.1. The molecule has 0 aromatic heterocycles. The van der Waals surface area contributed by atoms with E-state index in [1.54, 1.807) is 0 Å². The van der Waals surface area contributed by atoms with Crippen molar-refractivity contribution in [3.8, 4) is 11.8 Å². The van der Waals surface area contributed by atoms with Crippen molar-refractivity contribution in [2.45, 2.75) is 44.8 Å². The van der Waals surface area contributed by atoms with Crippen molar-refractivity contribution < 1.29 is 9.47 Å². The van der Waals surface area contributed by atoms with Gasteiger partial charge in [-0.2, -0.15) is 0 Å². The van der Waals surface area contributed by atoms with Crippen LogP contribution in [0.3, 0.4) is 0 Å². The van der Waals surface area contributed by atoms with Gasteiger partial charge in [0, 0.05) is 25.1 Å². The van der Waals surface area contributed by atoms with E-state index >= 15 is 0 Å². The van der Waals surface area contributed by atoms with Gasteiger partial charge in [-0.3, -0.25) is 0 Å². The molecule has 1 heterocycles. The largest absolute Gasteiger partial charge is 0.350 e. The first kappa shape index (κ1) is 12.8. The minimum atomic E-state index is -0.349. The summed E-state index contributed by atoms with van der Waals surface area (Å²) in [6.07, 6.45) is 4.72. The third-order valence-corrected chi connectivity index (χ3v) is 2.64. The summed E-state index contributed by atoms with van der Waals surface area (Å²) < 4.78 is 11.1. The maximum absolute atomic E-state index is 5.65. The molecule has 0 N–H and O–H groups in total. The van der Waals surface area contributed by atoms with E-state index in [1.165, 1.54) is 0 Å². The van der Waals surface area contributed by atoms with Crippen molar-refractivity contribution >= 4 is 11.6 Å².